The molecule has 0 aliphatic heterocycles. The molecular formula is C14H13NO3. The van der Waals surface area contributed by atoms with E-state index in [4.69, 9.17) is 4.74 Å². The van der Waals surface area contributed by atoms with Gasteiger partial charge in [0.05, 0.1) is 12.8 Å². The fraction of sp³-hybridized carbons (Fsp3) is 0.0714. The first-order valence-electron chi connectivity index (χ1n) is 5.44. The lowest BCUT2D eigenvalue weighted by Crippen LogP contribution is -2.12. The first kappa shape index (κ1) is 12.1. The second kappa shape index (κ2) is 5.33. The van der Waals surface area contributed by atoms with E-state index in [0.717, 1.165) is 5.06 Å². The van der Waals surface area contributed by atoms with Crippen LogP contribution in [0.15, 0.2) is 60.3 Å². The van der Waals surface area contributed by atoms with Gasteiger partial charge in [0.1, 0.15) is 5.75 Å². The van der Waals surface area contributed by atoms with Gasteiger partial charge >= 0.3 is 0 Å². The van der Waals surface area contributed by atoms with Crippen molar-refractivity contribution in [3.05, 3.63) is 60.3 Å². The summed E-state index contributed by atoms with van der Waals surface area (Å²) in [5.41, 5.74) is 0.981. The molecule has 4 heteroatoms. The third kappa shape index (κ3) is 2.67. The van der Waals surface area contributed by atoms with Crippen molar-refractivity contribution in [2.24, 2.45) is 0 Å². The standard InChI is InChI=1S/C14H13NO3/c1-18-13-8-6-12(7-9-13)15(17)10-11-4-2-3-5-14(11)16/h2-10,17H,1H3/b11-10-. The minimum absolute atomic E-state index is 0.134. The van der Waals surface area contributed by atoms with Gasteiger partial charge in [-0.3, -0.25) is 10.0 Å². The second-order valence-corrected chi connectivity index (χ2v) is 3.71. The van der Waals surface area contributed by atoms with Gasteiger partial charge in [-0.05, 0) is 36.4 Å². The van der Waals surface area contributed by atoms with Gasteiger partial charge in [-0.15, -0.1) is 0 Å². The zero-order valence-corrected chi connectivity index (χ0v) is 9.91. The third-order valence-electron chi connectivity index (χ3n) is 2.52. The number of hydrogen-bond donors (Lipinski definition) is 1. The molecule has 0 radical (unpaired) electrons. The van der Waals surface area contributed by atoms with Crippen molar-refractivity contribution in [3.8, 4) is 5.75 Å². The maximum absolute atomic E-state index is 11.5. The predicted molar refractivity (Wildman–Crippen MR) is 68.6 cm³/mol. The smallest absolute Gasteiger partial charge is 0.187 e. The minimum atomic E-state index is -0.134. The zero-order valence-electron chi connectivity index (χ0n) is 9.91. The summed E-state index contributed by atoms with van der Waals surface area (Å²) >= 11 is 0. The van der Waals surface area contributed by atoms with Crippen molar-refractivity contribution in [1.29, 1.82) is 0 Å². The Morgan fingerprint density at radius 3 is 2.44 bits per heavy atom. The van der Waals surface area contributed by atoms with Crippen LogP contribution in [0, 0.1) is 0 Å². The Balaban J connectivity index is 2.18. The van der Waals surface area contributed by atoms with Crippen LogP contribution in [0.1, 0.15) is 0 Å². The Bertz CT molecular complexity index is 526. The maximum atomic E-state index is 11.5. The topological polar surface area (TPSA) is 49.8 Å². The van der Waals surface area contributed by atoms with Crippen LogP contribution in [-0.4, -0.2) is 18.1 Å². The molecule has 0 amide bonds. The van der Waals surface area contributed by atoms with Gasteiger partial charge in [0.25, 0.3) is 0 Å². The number of rotatable bonds is 3. The van der Waals surface area contributed by atoms with Crippen molar-refractivity contribution in [2.45, 2.75) is 0 Å². The molecule has 0 bridgehead atoms. The molecule has 1 aliphatic rings. The number of allylic oxidation sites excluding steroid dienone is 5. The average Bonchev–Trinajstić information content (AvgIpc) is 2.41. The molecule has 0 aromatic heterocycles. The minimum Gasteiger partial charge on any atom is -0.497 e. The van der Waals surface area contributed by atoms with Crippen molar-refractivity contribution >= 4 is 11.5 Å². The highest BCUT2D eigenvalue weighted by molar-refractivity contribution is 6.07. The van der Waals surface area contributed by atoms with E-state index in [2.05, 4.69) is 0 Å². The average molecular weight is 243 g/mol. The van der Waals surface area contributed by atoms with Gasteiger partial charge in [0.2, 0.25) is 0 Å². The van der Waals surface area contributed by atoms with Gasteiger partial charge < -0.3 is 4.74 Å². The normalized spacial score (nSPS) is 16.1. The Hall–Kier alpha value is -2.33. The summed E-state index contributed by atoms with van der Waals surface area (Å²) in [6.07, 6.45) is 7.89. The van der Waals surface area contributed by atoms with E-state index in [9.17, 15) is 10.0 Å². The van der Waals surface area contributed by atoms with Gasteiger partial charge in [-0.2, -0.15) is 0 Å². The summed E-state index contributed by atoms with van der Waals surface area (Å²) in [5, 5.41) is 10.8. The summed E-state index contributed by atoms with van der Waals surface area (Å²) < 4.78 is 5.03. The van der Waals surface area contributed by atoms with Crippen molar-refractivity contribution in [1.82, 2.24) is 0 Å². The fourth-order valence-electron chi connectivity index (χ4n) is 1.53. The summed E-state index contributed by atoms with van der Waals surface area (Å²) in [7, 11) is 1.57. The second-order valence-electron chi connectivity index (χ2n) is 3.71. The first-order chi connectivity index (χ1) is 8.70. The molecule has 0 atom stereocenters. The number of hydroxylamine groups is 1. The van der Waals surface area contributed by atoms with Gasteiger partial charge in [-0.1, -0.05) is 12.2 Å². The Labute approximate surface area is 105 Å². The zero-order chi connectivity index (χ0) is 13.0. The number of ether oxygens (including phenoxy) is 1. The van der Waals surface area contributed by atoms with Crippen LogP contribution in [0.3, 0.4) is 0 Å². The summed E-state index contributed by atoms with van der Waals surface area (Å²) in [4.78, 5) is 11.5. The highest BCUT2D eigenvalue weighted by atomic mass is 16.5. The molecule has 4 nitrogen and oxygen atoms in total. The van der Waals surface area contributed by atoms with E-state index < -0.39 is 0 Å². The first-order valence-corrected chi connectivity index (χ1v) is 5.44. The number of ketones is 1. The van der Waals surface area contributed by atoms with Crippen LogP contribution in [0.2, 0.25) is 0 Å². The predicted octanol–water partition coefficient (Wildman–Crippen LogP) is 2.47. The van der Waals surface area contributed by atoms with E-state index in [1.807, 2.05) is 0 Å². The van der Waals surface area contributed by atoms with Crippen LogP contribution in [-0.2, 0) is 4.79 Å². The SMILES string of the molecule is COc1ccc(N(O)/C=C2/C=CC=CC2=O)cc1. The van der Waals surface area contributed by atoms with E-state index >= 15 is 0 Å². The third-order valence-corrected chi connectivity index (χ3v) is 2.52. The molecule has 1 aromatic rings. The molecule has 0 spiro atoms. The van der Waals surface area contributed by atoms with E-state index in [0.29, 0.717) is 17.0 Å². The van der Waals surface area contributed by atoms with Crippen LogP contribution >= 0.6 is 0 Å². The molecule has 0 unspecified atom stereocenters. The lowest BCUT2D eigenvalue weighted by atomic mass is 10.1. The number of benzene rings is 1. The van der Waals surface area contributed by atoms with Crippen LogP contribution in [0.4, 0.5) is 5.69 Å². The molecular weight excluding hydrogens is 230 g/mol. The number of anilines is 1. The molecule has 92 valence electrons. The summed E-state index contributed by atoms with van der Waals surface area (Å²) in [6.45, 7) is 0. The van der Waals surface area contributed by atoms with Gasteiger partial charge in [0, 0.05) is 11.8 Å². The quantitative estimate of drug-likeness (QED) is 0.654. The maximum Gasteiger partial charge on any atom is 0.187 e. The van der Waals surface area contributed by atoms with Crippen molar-refractivity contribution in [3.63, 3.8) is 0 Å². The highest BCUT2D eigenvalue weighted by Crippen LogP contribution is 2.19. The lowest BCUT2D eigenvalue weighted by Gasteiger charge is -2.14. The molecule has 1 aliphatic carbocycles. The number of hydrogen-bond acceptors (Lipinski definition) is 4. The van der Waals surface area contributed by atoms with Crippen molar-refractivity contribution < 1.29 is 14.7 Å². The monoisotopic (exact) mass is 243 g/mol. The molecule has 0 heterocycles. The summed E-state index contributed by atoms with van der Waals surface area (Å²) in [5.74, 6) is 0.571. The van der Waals surface area contributed by atoms with E-state index in [1.165, 1.54) is 12.3 Å². The van der Waals surface area contributed by atoms with Crippen LogP contribution < -0.4 is 9.80 Å². The van der Waals surface area contributed by atoms with E-state index in [-0.39, 0.29) is 5.78 Å². The molecule has 1 N–H and O–H groups in total. The lowest BCUT2D eigenvalue weighted by molar-refractivity contribution is -0.111. The highest BCUT2D eigenvalue weighted by Gasteiger charge is 2.08. The van der Waals surface area contributed by atoms with E-state index in [1.54, 1.807) is 49.6 Å². The number of carbonyl (C=O) groups excluding carboxylic acids is 1. The Morgan fingerprint density at radius 1 is 1.17 bits per heavy atom. The number of carbonyl (C=O) groups is 1. The largest absolute Gasteiger partial charge is 0.497 e. The molecule has 1 aromatic carbocycles. The molecule has 0 fully saturated rings. The number of nitrogens with zero attached hydrogens (tertiary/aromatic N) is 1. The Morgan fingerprint density at radius 2 is 1.83 bits per heavy atom. The van der Waals surface area contributed by atoms with Gasteiger partial charge in [0.15, 0.2) is 5.78 Å². The van der Waals surface area contributed by atoms with Crippen molar-refractivity contribution in [2.75, 3.05) is 12.2 Å². The summed E-state index contributed by atoms with van der Waals surface area (Å²) in [6, 6.07) is 6.86. The van der Waals surface area contributed by atoms with Gasteiger partial charge in [-0.25, -0.2) is 5.06 Å². The molecule has 18 heavy (non-hydrogen) atoms. The Kier molecular flexibility index (Phi) is 3.60. The molecule has 0 saturated heterocycles. The fourth-order valence-corrected chi connectivity index (χ4v) is 1.53. The van der Waals surface area contributed by atoms with Crippen LogP contribution in [0.5, 0.6) is 5.75 Å². The molecule has 0 saturated carbocycles. The number of methoxy groups -OCH3 is 1. The molecule has 2 rings (SSSR count). The van der Waals surface area contributed by atoms with Crippen LogP contribution in [0.25, 0.3) is 0 Å².